The van der Waals surface area contributed by atoms with E-state index in [-0.39, 0.29) is 6.61 Å². The zero-order chi connectivity index (χ0) is 14.6. The van der Waals surface area contributed by atoms with E-state index in [9.17, 15) is 5.11 Å². The van der Waals surface area contributed by atoms with Gasteiger partial charge in [-0.25, -0.2) is 0 Å². The molecule has 3 atom stereocenters. The Labute approximate surface area is 122 Å². The first-order valence-corrected chi connectivity index (χ1v) is 7.54. The van der Waals surface area contributed by atoms with Crippen LogP contribution in [-0.2, 0) is 9.47 Å². The van der Waals surface area contributed by atoms with Crippen molar-refractivity contribution in [3.63, 3.8) is 0 Å². The topological polar surface area (TPSA) is 71.0 Å². The Balaban J connectivity index is 1.94. The predicted molar refractivity (Wildman–Crippen MR) is 78.6 cm³/mol. The van der Waals surface area contributed by atoms with Crippen LogP contribution < -0.4 is 5.32 Å². The van der Waals surface area contributed by atoms with Crippen molar-refractivity contribution < 1.29 is 19.7 Å². The second-order valence-electron chi connectivity index (χ2n) is 5.41. The van der Waals surface area contributed by atoms with Crippen LogP contribution in [-0.4, -0.2) is 62.4 Å². The molecule has 0 bridgehead atoms. The molecule has 0 amide bonds. The molecule has 1 aliphatic carbocycles. The lowest BCUT2D eigenvalue weighted by molar-refractivity contribution is 0.0119. The van der Waals surface area contributed by atoms with Crippen LogP contribution in [0.2, 0.25) is 0 Å². The van der Waals surface area contributed by atoms with Crippen molar-refractivity contribution in [2.75, 3.05) is 46.1 Å². The van der Waals surface area contributed by atoms with E-state index in [0.717, 1.165) is 19.4 Å². The zero-order valence-electron chi connectivity index (χ0n) is 12.5. The van der Waals surface area contributed by atoms with E-state index in [0.29, 0.717) is 44.7 Å². The van der Waals surface area contributed by atoms with Crippen LogP contribution in [0.5, 0.6) is 0 Å². The highest BCUT2D eigenvalue weighted by atomic mass is 16.5. The Morgan fingerprint density at radius 1 is 1.25 bits per heavy atom. The van der Waals surface area contributed by atoms with Crippen molar-refractivity contribution in [1.82, 2.24) is 5.32 Å². The van der Waals surface area contributed by atoms with Crippen LogP contribution in [0.4, 0.5) is 0 Å². The van der Waals surface area contributed by atoms with Crippen molar-refractivity contribution in [2.45, 2.75) is 25.9 Å². The van der Waals surface area contributed by atoms with Gasteiger partial charge in [0.2, 0.25) is 0 Å². The van der Waals surface area contributed by atoms with Gasteiger partial charge >= 0.3 is 0 Å². The average molecular weight is 287 g/mol. The third-order valence-corrected chi connectivity index (χ3v) is 3.60. The molecule has 118 valence electrons. The van der Waals surface area contributed by atoms with Crippen LogP contribution in [0.3, 0.4) is 0 Å². The SMILES string of the molecule is CC1CC=CCC1COCC(O)CNCCOCCO. The highest BCUT2D eigenvalue weighted by Gasteiger charge is 2.18. The lowest BCUT2D eigenvalue weighted by Gasteiger charge is -2.25. The van der Waals surface area contributed by atoms with Gasteiger partial charge < -0.3 is 25.0 Å². The first-order chi connectivity index (χ1) is 9.74. The van der Waals surface area contributed by atoms with Crippen LogP contribution in [0, 0.1) is 11.8 Å². The number of nitrogens with one attached hydrogen (secondary N) is 1. The van der Waals surface area contributed by atoms with E-state index in [1.54, 1.807) is 0 Å². The predicted octanol–water partition coefficient (Wildman–Crippen LogP) is 0.565. The number of allylic oxidation sites excluding steroid dienone is 2. The van der Waals surface area contributed by atoms with Gasteiger partial charge in [0.05, 0.1) is 39.1 Å². The molecule has 0 aromatic carbocycles. The first-order valence-electron chi connectivity index (χ1n) is 7.54. The Morgan fingerprint density at radius 3 is 2.80 bits per heavy atom. The molecule has 0 aromatic rings. The van der Waals surface area contributed by atoms with E-state index in [4.69, 9.17) is 14.6 Å². The normalized spacial score (nSPS) is 23.9. The van der Waals surface area contributed by atoms with Crippen molar-refractivity contribution in [1.29, 1.82) is 0 Å². The van der Waals surface area contributed by atoms with Gasteiger partial charge in [0.15, 0.2) is 0 Å². The number of ether oxygens (including phenoxy) is 2. The summed E-state index contributed by atoms with van der Waals surface area (Å²) >= 11 is 0. The molecule has 0 aromatic heterocycles. The summed E-state index contributed by atoms with van der Waals surface area (Å²) in [6, 6.07) is 0. The molecule has 20 heavy (non-hydrogen) atoms. The van der Waals surface area contributed by atoms with E-state index in [1.807, 2.05) is 0 Å². The van der Waals surface area contributed by atoms with E-state index in [2.05, 4.69) is 24.4 Å². The quantitative estimate of drug-likeness (QED) is 0.383. The Bertz CT molecular complexity index is 260. The highest BCUT2D eigenvalue weighted by molar-refractivity contribution is 4.93. The number of aliphatic hydroxyl groups excluding tert-OH is 2. The van der Waals surface area contributed by atoms with Crippen molar-refractivity contribution >= 4 is 0 Å². The molecule has 0 saturated heterocycles. The molecule has 0 fully saturated rings. The second kappa shape index (κ2) is 11.2. The number of hydrogen-bond acceptors (Lipinski definition) is 5. The maximum absolute atomic E-state index is 9.76. The van der Waals surface area contributed by atoms with E-state index >= 15 is 0 Å². The van der Waals surface area contributed by atoms with Gasteiger partial charge in [-0.15, -0.1) is 0 Å². The van der Waals surface area contributed by atoms with Gasteiger partial charge in [0.1, 0.15) is 0 Å². The third-order valence-electron chi connectivity index (χ3n) is 3.60. The number of aliphatic hydroxyl groups is 2. The summed E-state index contributed by atoms with van der Waals surface area (Å²) < 4.78 is 10.7. The second-order valence-corrected chi connectivity index (χ2v) is 5.41. The molecular weight excluding hydrogens is 258 g/mol. The van der Waals surface area contributed by atoms with Crippen molar-refractivity contribution in [3.8, 4) is 0 Å². The van der Waals surface area contributed by atoms with Crippen LogP contribution in [0.15, 0.2) is 12.2 Å². The maximum atomic E-state index is 9.76. The molecule has 1 rings (SSSR count). The minimum absolute atomic E-state index is 0.0469. The standard InChI is InChI=1S/C15H29NO4/c1-13-4-2-3-5-14(13)11-20-12-15(18)10-16-6-8-19-9-7-17/h2-3,13-18H,4-12H2,1H3. The summed E-state index contributed by atoms with van der Waals surface area (Å²) in [5.41, 5.74) is 0. The fraction of sp³-hybridized carbons (Fsp3) is 0.867. The first kappa shape index (κ1) is 17.6. The Kier molecular flexibility index (Phi) is 9.87. The van der Waals surface area contributed by atoms with Gasteiger partial charge in [-0.3, -0.25) is 0 Å². The summed E-state index contributed by atoms with van der Waals surface area (Å²) in [7, 11) is 0. The summed E-state index contributed by atoms with van der Waals surface area (Å²) in [5.74, 6) is 1.24. The highest BCUT2D eigenvalue weighted by Crippen LogP contribution is 2.24. The smallest absolute Gasteiger partial charge is 0.0897 e. The minimum atomic E-state index is -0.484. The molecule has 0 saturated carbocycles. The van der Waals surface area contributed by atoms with Gasteiger partial charge in [-0.05, 0) is 24.7 Å². The number of hydrogen-bond donors (Lipinski definition) is 3. The van der Waals surface area contributed by atoms with Gasteiger partial charge in [0, 0.05) is 13.1 Å². The van der Waals surface area contributed by atoms with Gasteiger partial charge in [-0.1, -0.05) is 19.1 Å². The fourth-order valence-electron chi connectivity index (χ4n) is 2.23. The average Bonchev–Trinajstić information content (AvgIpc) is 2.45. The van der Waals surface area contributed by atoms with Crippen LogP contribution in [0.25, 0.3) is 0 Å². The summed E-state index contributed by atoms with van der Waals surface area (Å²) in [5, 5.41) is 21.4. The van der Waals surface area contributed by atoms with E-state index < -0.39 is 6.10 Å². The lowest BCUT2D eigenvalue weighted by atomic mass is 9.85. The van der Waals surface area contributed by atoms with Crippen LogP contribution in [0.1, 0.15) is 19.8 Å². The largest absolute Gasteiger partial charge is 0.394 e. The monoisotopic (exact) mass is 287 g/mol. The molecule has 3 unspecified atom stereocenters. The fourth-order valence-corrected chi connectivity index (χ4v) is 2.23. The summed E-state index contributed by atoms with van der Waals surface area (Å²) in [6.45, 7) is 5.47. The molecule has 0 radical (unpaired) electrons. The molecule has 5 heteroatoms. The van der Waals surface area contributed by atoms with E-state index in [1.165, 1.54) is 0 Å². The lowest BCUT2D eigenvalue weighted by Crippen LogP contribution is -2.33. The summed E-state index contributed by atoms with van der Waals surface area (Å²) in [4.78, 5) is 0. The summed E-state index contributed by atoms with van der Waals surface area (Å²) in [6.07, 6.45) is 6.18. The third kappa shape index (κ3) is 7.97. The molecule has 0 spiro atoms. The Morgan fingerprint density at radius 2 is 2.05 bits per heavy atom. The Hall–Kier alpha value is -0.460. The molecule has 5 nitrogen and oxygen atoms in total. The molecule has 1 aliphatic rings. The molecule has 0 heterocycles. The minimum Gasteiger partial charge on any atom is -0.394 e. The zero-order valence-corrected chi connectivity index (χ0v) is 12.5. The van der Waals surface area contributed by atoms with Crippen LogP contribution >= 0.6 is 0 Å². The van der Waals surface area contributed by atoms with Gasteiger partial charge in [-0.2, -0.15) is 0 Å². The van der Waals surface area contributed by atoms with Crippen molar-refractivity contribution in [2.24, 2.45) is 11.8 Å². The number of rotatable bonds is 11. The molecule has 0 aliphatic heterocycles. The van der Waals surface area contributed by atoms with Crippen molar-refractivity contribution in [3.05, 3.63) is 12.2 Å². The maximum Gasteiger partial charge on any atom is 0.0897 e. The van der Waals surface area contributed by atoms with Gasteiger partial charge in [0.25, 0.3) is 0 Å². The molecular formula is C15H29NO4. The molecule has 3 N–H and O–H groups in total.